The summed E-state index contributed by atoms with van der Waals surface area (Å²) in [6, 6.07) is 14.6. The van der Waals surface area contributed by atoms with Gasteiger partial charge in [0.25, 0.3) is 0 Å². The monoisotopic (exact) mass is 439 g/mol. The Balaban J connectivity index is 1.16. The van der Waals surface area contributed by atoms with Gasteiger partial charge in [0.2, 0.25) is 0 Å². The highest BCUT2D eigenvalue weighted by Crippen LogP contribution is 2.16. The summed E-state index contributed by atoms with van der Waals surface area (Å²) in [6.07, 6.45) is 6.08. The summed E-state index contributed by atoms with van der Waals surface area (Å²) in [5.74, 6) is 1.87. The van der Waals surface area contributed by atoms with Crippen LogP contribution in [-0.4, -0.2) is 58.2 Å². The number of nitrogens with one attached hydrogen (secondary N) is 2. The Morgan fingerprint density at radius 1 is 1.13 bits per heavy atom. The molecule has 164 valence electrons. The van der Waals surface area contributed by atoms with E-state index in [0.717, 1.165) is 74.3 Å². The molecule has 1 aliphatic rings. The van der Waals surface area contributed by atoms with Crippen LogP contribution in [0.3, 0.4) is 0 Å². The van der Waals surface area contributed by atoms with E-state index in [1.54, 1.807) is 0 Å². The summed E-state index contributed by atoms with van der Waals surface area (Å²) in [5.41, 5.74) is 2.21. The van der Waals surface area contributed by atoms with Crippen LogP contribution in [-0.2, 0) is 13.0 Å². The highest BCUT2D eigenvalue weighted by Gasteiger charge is 2.20. The van der Waals surface area contributed by atoms with Crippen LogP contribution in [0.1, 0.15) is 30.7 Å². The van der Waals surface area contributed by atoms with Crippen LogP contribution >= 0.6 is 11.6 Å². The van der Waals surface area contributed by atoms with Gasteiger partial charge < -0.3 is 10.6 Å². The van der Waals surface area contributed by atoms with E-state index in [1.165, 1.54) is 5.56 Å². The lowest BCUT2D eigenvalue weighted by molar-refractivity contribution is 0.198. The fourth-order valence-corrected chi connectivity index (χ4v) is 4.11. The summed E-state index contributed by atoms with van der Waals surface area (Å²) in [4.78, 5) is 6.90. The van der Waals surface area contributed by atoms with Crippen LogP contribution in [0.4, 0.5) is 0 Å². The summed E-state index contributed by atoms with van der Waals surface area (Å²) < 4.78 is 2.05. The molecule has 0 atom stereocenters. The van der Waals surface area contributed by atoms with Gasteiger partial charge in [0.05, 0.1) is 0 Å². The molecule has 2 N–H and O–H groups in total. The van der Waals surface area contributed by atoms with Crippen molar-refractivity contribution < 1.29 is 0 Å². The smallest absolute Gasteiger partial charge is 0.191 e. The molecule has 0 spiro atoms. The zero-order chi connectivity index (χ0) is 21.5. The van der Waals surface area contributed by atoms with Crippen LogP contribution < -0.4 is 10.6 Å². The van der Waals surface area contributed by atoms with E-state index < -0.39 is 0 Å². The highest BCUT2D eigenvalue weighted by atomic mass is 35.5. The molecule has 2 aromatic heterocycles. The Labute approximate surface area is 188 Å². The molecule has 7 nitrogen and oxygen atoms in total. The third kappa shape index (κ3) is 5.95. The largest absolute Gasteiger partial charge is 0.356 e. The Morgan fingerprint density at radius 2 is 1.94 bits per heavy atom. The van der Waals surface area contributed by atoms with Crippen molar-refractivity contribution in [2.45, 2.75) is 38.3 Å². The van der Waals surface area contributed by atoms with Crippen LogP contribution in [0.25, 0.3) is 5.65 Å². The Kier molecular flexibility index (Phi) is 7.38. The normalized spacial score (nSPS) is 16.0. The van der Waals surface area contributed by atoms with Gasteiger partial charge in [-0.25, -0.2) is 0 Å². The van der Waals surface area contributed by atoms with E-state index in [0.29, 0.717) is 6.04 Å². The molecule has 0 radical (unpaired) electrons. The van der Waals surface area contributed by atoms with Gasteiger partial charge in [-0.05, 0) is 49.1 Å². The molecular formula is C23H30ClN7. The van der Waals surface area contributed by atoms with Crippen LogP contribution in [0, 0.1) is 0 Å². The number of guanidine groups is 1. The maximum Gasteiger partial charge on any atom is 0.191 e. The lowest BCUT2D eigenvalue weighted by atomic mass is 10.0. The number of halogens is 1. The van der Waals surface area contributed by atoms with Crippen molar-refractivity contribution in [3.8, 4) is 0 Å². The van der Waals surface area contributed by atoms with Gasteiger partial charge in [-0.15, -0.1) is 10.2 Å². The number of rotatable bonds is 7. The fraction of sp³-hybridized carbons (Fsp3) is 0.435. The van der Waals surface area contributed by atoms with Crippen molar-refractivity contribution >= 4 is 23.2 Å². The summed E-state index contributed by atoms with van der Waals surface area (Å²) in [5, 5.41) is 16.3. The second-order valence-electron chi connectivity index (χ2n) is 7.97. The molecule has 3 heterocycles. The van der Waals surface area contributed by atoms with Crippen LogP contribution in [0.15, 0.2) is 53.7 Å². The predicted molar refractivity (Wildman–Crippen MR) is 126 cm³/mol. The summed E-state index contributed by atoms with van der Waals surface area (Å²) >= 11 is 5.98. The quantitative estimate of drug-likeness (QED) is 0.336. The minimum absolute atomic E-state index is 0.452. The van der Waals surface area contributed by atoms with Crippen molar-refractivity contribution in [2.24, 2.45) is 4.99 Å². The molecule has 0 unspecified atom stereocenters. The van der Waals surface area contributed by atoms with Gasteiger partial charge in [-0.1, -0.05) is 29.8 Å². The lowest BCUT2D eigenvalue weighted by Crippen LogP contribution is -2.48. The van der Waals surface area contributed by atoms with E-state index in [4.69, 9.17) is 11.6 Å². The summed E-state index contributed by atoms with van der Waals surface area (Å²) in [6.45, 7) is 3.99. The molecule has 1 fully saturated rings. The maximum absolute atomic E-state index is 5.98. The van der Waals surface area contributed by atoms with Gasteiger partial charge in [0, 0.05) is 56.9 Å². The van der Waals surface area contributed by atoms with Crippen molar-refractivity contribution in [3.05, 3.63) is 65.1 Å². The second kappa shape index (κ2) is 10.6. The molecular weight excluding hydrogens is 410 g/mol. The highest BCUT2D eigenvalue weighted by molar-refractivity contribution is 6.30. The van der Waals surface area contributed by atoms with Gasteiger partial charge in [-0.2, -0.15) is 0 Å². The number of benzene rings is 1. The molecule has 4 rings (SSSR count). The van der Waals surface area contributed by atoms with Crippen LogP contribution in [0.5, 0.6) is 0 Å². The number of likely N-dealkylation sites (tertiary alicyclic amines) is 1. The minimum Gasteiger partial charge on any atom is -0.356 e. The van der Waals surface area contributed by atoms with E-state index in [2.05, 4.69) is 42.9 Å². The molecule has 3 aromatic rings. The molecule has 31 heavy (non-hydrogen) atoms. The van der Waals surface area contributed by atoms with E-state index in [-0.39, 0.29) is 0 Å². The first-order valence-electron chi connectivity index (χ1n) is 10.9. The Morgan fingerprint density at radius 3 is 2.71 bits per heavy atom. The number of piperidine rings is 1. The number of aryl methyl sites for hydroxylation is 1. The van der Waals surface area contributed by atoms with Crippen molar-refractivity contribution in [1.29, 1.82) is 0 Å². The van der Waals surface area contributed by atoms with Gasteiger partial charge >= 0.3 is 0 Å². The molecule has 0 aliphatic carbocycles. The van der Waals surface area contributed by atoms with Gasteiger partial charge in [0.15, 0.2) is 11.6 Å². The molecule has 1 aliphatic heterocycles. The molecule has 1 saturated heterocycles. The van der Waals surface area contributed by atoms with E-state index >= 15 is 0 Å². The zero-order valence-electron chi connectivity index (χ0n) is 18.0. The van der Waals surface area contributed by atoms with Crippen LogP contribution in [0.2, 0.25) is 5.02 Å². The van der Waals surface area contributed by atoms with Crippen molar-refractivity contribution in [2.75, 3.05) is 26.7 Å². The SMILES string of the molecule is CN=C(NCCCc1nnc2ccccn12)NC1CCN(Cc2ccc(Cl)cc2)CC1. The first-order chi connectivity index (χ1) is 15.2. The standard InChI is InChI=1S/C23H30ClN7/c1-25-23(26-13-4-6-22-29-28-21-5-2-3-14-31(21)22)27-20-11-15-30(16-12-20)17-18-7-9-19(24)10-8-18/h2-3,5,7-10,14,20H,4,6,11-13,15-17H2,1H3,(H2,25,26,27). The van der Waals surface area contributed by atoms with Crippen molar-refractivity contribution in [3.63, 3.8) is 0 Å². The average molecular weight is 440 g/mol. The van der Waals surface area contributed by atoms with Gasteiger partial charge in [-0.3, -0.25) is 14.3 Å². The fourth-order valence-electron chi connectivity index (χ4n) is 3.99. The van der Waals surface area contributed by atoms with E-state index in [1.807, 2.05) is 48.0 Å². The third-order valence-electron chi connectivity index (χ3n) is 5.73. The summed E-state index contributed by atoms with van der Waals surface area (Å²) in [7, 11) is 1.83. The molecule has 0 saturated carbocycles. The third-order valence-corrected chi connectivity index (χ3v) is 5.98. The molecule has 0 bridgehead atoms. The first-order valence-corrected chi connectivity index (χ1v) is 11.3. The van der Waals surface area contributed by atoms with Crippen molar-refractivity contribution in [1.82, 2.24) is 30.1 Å². The number of hydrogen-bond donors (Lipinski definition) is 2. The number of hydrogen-bond acceptors (Lipinski definition) is 4. The van der Waals surface area contributed by atoms with Gasteiger partial charge in [0.1, 0.15) is 5.82 Å². The topological polar surface area (TPSA) is 69.8 Å². The first kappa shape index (κ1) is 21.6. The Hall–Kier alpha value is -2.64. The predicted octanol–water partition coefficient (Wildman–Crippen LogP) is 3.14. The lowest BCUT2D eigenvalue weighted by Gasteiger charge is -2.33. The number of pyridine rings is 1. The zero-order valence-corrected chi connectivity index (χ0v) is 18.7. The number of fused-ring (bicyclic) bond motifs is 1. The number of aromatic nitrogens is 3. The average Bonchev–Trinajstić information content (AvgIpc) is 3.22. The number of nitrogens with zero attached hydrogens (tertiary/aromatic N) is 5. The maximum atomic E-state index is 5.98. The molecule has 8 heteroatoms. The van der Waals surface area contributed by atoms with E-state index in [9.17, 15) is 0 Å². The number of aliphatic imine (C=N–C) groups is 1. The second-order valence-corrected chi connectivity index (χ2v) is 8.41. The molecule has 0 amide bonds. The Bertz CT molecular complexity index is 991. The molecule has 1 aromatic carbocycles. The minimum atomic E-state index is 0.452.